The lowest BCUT2D eigenvalue weighted by atomic mass is 10.00. The summed E-state index contributed by atoms with van der Waals surface area (Å²) < 4.78 is 5.74. The lowest BCUT2D eigenvalue weighted by Crippen LogP contribution is -2.49. The number of amides is 2. The van der Waals surface area contributed by atoms with Gasteiger partial charge in [0.1, 0.15) is 0 Å². The lowest BCUT2D eigenvalue weighted by molar-refractivity contribution is -0.0407. The summed E-state index contributed by atoms with van der Waals surface area (Å²) in [5.41, 5.74) is 0. The molecule has 2 amide bonds. The minimum atomic E-state index is 0.0928. The highest BCUT2D eigenvalue weighted by Crippen LogP contribution is 2.19. The van der Waals surface area contributed by atoms with Gasteiger partial charge in [-0.2, -0.15) is 0 Å². The molecule has 0 radical (unpaired) electrons. The van der Waals surface area contributed by atoms with E-state index < -0.39 is 0 Å². The van der Waals surface area contributed by atoms with Gasteiger partial charge in [0.2, 0.25) is 0 Å². The Morgan fingerprint density at radius 1 is 1.23 bits per heavy atom. The van der Waals surface area contributed by atoms with E-state index in [1.54, 1.807) is 0 Å². The van der Waals surface area contributed by atoms with Gasteiger partial charge in [-0.05, 0) is 72.5 Å². The molecule has 2 aliphatic rings. The van der Waals surface area contributed by atoms with E-state index >= 15 is 0 Å². The number of hydrogen-bond donors (Lipinski definition) is 1. The van der Waals surface area contributed by atoms with Crippen molar-refractivity contribution in [2.24, 2.45) is 0 Å². The molecule has 2 rings (SSSR count). The van der Waals surface area contributed by atoms with E-state index in [1.165, 1.54) is 25.9 Å². The Bertz CT molecular complexity index is 335. The van der Waals surface area contributed by atoms with E-state index in [0.717, 1.165) is 38.9 Å². The molecule has 2 fully saturated rings. The van der Waals surface area contributed by atoms with Gasteiger partial charge in [-0.15, -0.1) is 0 Å². The molecule has 22 heavy (non-hydrogen) atoms. The lowest BCUT2D eigenvalue weighted by Gasteiger charge is -2.34. The summed E-state index contributed by atoms with van der Waals surface area (Å²) in [6.07, 6.45) is 6.04. The van der Waals surface area contributed by atoms with Crippen molar-refractivity contribution in [3.63, 3.8) is 0 Å². The topological polar surface area (TPSA) is 44.8 Å². The third-order valence-electron chi connectivity index (χ3n) is 4.80. The minimum Gasteiger partial charge on any atom is -0.375 e. The number of ether oxygens (including phenoxy) is 1. The Labute approximate surface area is 135 Å². The molecule has 2 unspecified atom stereocenters. The summed E-state index contributed by atoms with van der Waals surface area (Å²) in [4.78, 5) is 16.9. The molecule has 2 heterocycles. The summed E-state index contributed by atoms with van der Waals surface area (Å²) in [7, 11) is 0. The molecule has 1 N–H and O–H groups in total. The van der Waals surface area contributed by atoms with Gasteiger partial charge in [-0.3, -0.25) is 0 Å². The highest BCUT2D eigenvalue weighted by Gasteiger charge is 2.26. The Kier molecular flexibility index (Phi) is 6.96. The number of urea groups is 1. The maximum atomic E-state index is 12.4. The normalized spacial score (nSPS) is 29.5. The second-order valence-electron chi connectivity index (χ2n) is 6.86. The first-order chi connectivity index (χ1) is 10.6. The van der Waals surface area contributed by atoms with Crippen LogP contribution in [0.15, 0.2) is 0 Å². The minimum absolute atomic E-state index is 0.0928. The molecule has 0 aliphatic carbocycles. The number of carbonyl (C=O) groups is 1. The van der Waals surface area contributed by atoms with Gasteiger partial charge in [0, 0.05) is 19.1 Å². The van der Waals surface area contributed by atoms with E-state index in [2.05, 4.69) is 31.0 Å². The molecule has 128 valence electrons. The molecule has 0 saturated carbocycles. The molecule has 5 nitrogen and oxygen atoms in total. The van der Waals surface area contributed by atoms with Crippen LogP contribution in [-0.4, -0.2) is 66.8 Å². The van der Waals surface area contributed by atoms with Crippen LogP contribution in [-0.2, 0) is 4.74 Å². The number of nitrogens with zero attached hydrogens (tertiary/aromatic N) is 2. The molecule has 2 aliphatic heterocycles. The van der Waals surface area contributed by atoms with E-state index in [0.29, 0.717) is 0 Å². The summed E-state index contributed by atoms with van der Waals surface area (Å²) in [5, 5.41) is 3.20. The van der Waals surface area contributed by atoms with Crippen LogP contribution in [0, 0.1) is 0 Å². The maximum absolute atomic E-state index is 12.4. The molecule has 0 aromatic heterocycles. The highest BCUT2D eigenvalue weighted by atomic mass is 16.5. The molecule has 0 bridgehead atoms. The second kappa shape index (κ2) is 8.73. The van der Waals surface area contributed by atoms with Gasteiger partial charge < -0.3 is 19.9 Å². The van der Waals surface area contributed by atoms with Crippen molar-refractivity contribution in [1.29, 1.82) is 0 Å². The standard InChI is InChI=1S/C17H33N3O2/c1-4-20(11-7-10-19-8-5-6-9-19)17(21)18-16-12-14(2)22-15(3)13-16/h14-16H,4-13H2,1-3H3,(H,18,21). The van der Waals surface area contributed by atoms with Crippen molar-refractivity contribution < 1.29 is 9.53 Å². The van der Waals surface area contributed by atoms with Crippen LogP contribution in [0.3, 0.4) is 0 Å². The predicted octanol–water partition coefficient (Wildman–Crippen LogP) is 2.46. The fourth-order valence-corrected chi connectivity index (χ4v) is 3.68. The Morgan fingerprint density at radius 3 is 2.45 bits per heavy atom. The largest absolute Gasteiger partial charge is 0.375 e. The zero-order chi connectivity index (χ0) is 15.9. The highest BCUT2D eigenvalue weighted by molar-refractivity contribution is 5.74. The molecular formula is C17H33N3O2. The van der Waals surface area contributed by atoms with Crippen molar-refractivity contribution in [2.45, 2.75) is 71.1 Å². The molecule has 2 saturated heterocycles. The van der Waals surface area contributed by atoms with Gasteiger partial charge >= 0.3 is 6.03 Å². The fourth-order valence-electron chi connectivity index (χ4n) is 3.68. The Morgan fingerprint density at radius 2 is 1.86 bits per heavy atom. The third-order valence-corrected chi connectivity index (χ3v) is 4.80. The maximum Gasteiger partial charge on any atom is 0.317 e. The van der Waals surface area contributed by atoms with Gasteiger partial charge in [0.15, 0.2) is 0 Å². The van der Waals surface area contributed by atoms with Crippen molar-refractivity contribution in [1.82, 2.24) is 15.1 Å². The molecule has 5 heteroatoms. The van der Waals surface area contributed by atoms with E-state index in [-0.39, 0.29) is 24.3 Å². The summed E-state index contributed by atoms with van der Waals surface area (Å²) >= 11 is 0. The van der Waals surface area contributed by atoms with Gasteiger partial charge in [-0.25, -0.2) is 4.79 Å². The first kappa shape index (κ1) is 17.5. The quantitative estimate of drug-likeness (QED) is 0.819. The van der Waals surface area contributed by atoms with Crippen LogP contribution < -0.4 is 5.32 Å². The number of carbonyl (C=O) groups excluding carboxylic acids is 1. The SMILES string of the molecule is CCN(CCCN1CCCC1)C(=O)NC1CC(C)OC(C)C1. The van der Waals surface area contributed by atoms with Crippen LogP contribution in [0.2, 0.25) is 0 Å². The zero-order valence-electron chi connectivity index (χ0n) is 14.5. The van der Waals surface area contributed by atoms with E-state index in [1.807, 2.05) is 4.90 Å². The summed E-state index contributed by atoms with van der Waals surface area (Å²) in [6.45, 7) is 11.4. The predicted molar refractivity (Wildman–Crippen MR) is 89.1 cm³/mol. The van der Waals surface area contributed by atoms with Gasteiger partial charge in [-0.1, -0.05) is 0 Å². The van der Waals surface area contributed by atoms with Crippen LogP contribution in [0.5, 0.6) is 0 Å². The molecule has 0 aromatic rings. The average Bonchev–Trinajstić information content (AvgIpc) is 2.95. The number of hydrogen-bond acceptors (Lipinski definition) is 3. The zero-order valence-corrected chi connectivity index (χ0v) is 14.5. The molecule has 0 spiro atoms. The van der Waals surface area contributed by atoms with Crippen LogP contribution in [0.4, 0.5) is 4.79 Å². The van der Waals surface area contributed by atoms with E-state index in [4.69, 9.17) is 4.74 Å². The van der Waals surface area contributed by atoms with Crippen molar-refractivity contribution in [2.75, 3.05) is 32.7 Å². The summed E-state index contributed by atoms with van der Waals surface area (Å²) in [6, 6.07) is 0.342. The number of nitrogens with one attached hydrogen (secondary N) is 1. The number of rotatable bonds is 6. The van der Waals surface area contributed by atoms with Crippen LogP contribution >= 0.6 is 0 Å². The fraction of sp³-hybridized carbons (Fsp3) is 0.941. The number of likely N-dealkylation sites (tertiary alicyclic amines) is 1. The Hall–Kier alpha value is -0.810. The van der Waals surface area contributed by atoms with Crippen molar-refractivity contribution in [3.8, 4) is 0 Å². The Balaban J connectivity index is 1.70. The van der Waals surface area contributed by atoms with Crippen molar-refractivity contribution >= 4 is 6.03 Å². The smallest absolute Gasteiger partial charge is 0.317 e. The first-order valence-electron chi connectivity index (χ1n) is 9.01. The third kappa shape index (κ3) is 5.43. The van der Waals surface area contributed by atoms with Gasteiger partial charge in [0.25, 0.3) is 0 Å². The molecule has 2 atom stereocenters. The van der Waals surface area contributed by atoms with Crippen molar-refractivity contribution in [3.05, 3.63) is 0 Å². The first-order valence-corrected chi connectivity index (χ1v) is 9.01. The van der Waals surface area contributed by atoms with Crippen LogP contribution in [0.25, 0.3) is 0 Å². The van der Waals surface area contributed by atoms with Crippen LogP contribution in [0.1, 0.15) is 52.9 Å². The summed E-state index contributed by atoms with van der Waals surface area (Å²) in [5.74, 6) is 0. The monoisotopic (exact) mass is 311 g/mol. The molecule has 0 aromatic carbocycles. The van der Waals surface area contributed by atoms with Gasteiger partial charge in [0.05, 0.1) is 12.2 Å². The second-order valence-corrected chi connectivity index (χ2v) is 6.86. The van der Waals surface area contributed by atoms with E-state index in [9.17, 15) is 4.79 Å². The average molecular weight is 311 g/mol. The molecular weight excluding hydrogens is 278 g/mol.